The zero-order valence-electron chi connectivity index (χ0n) is 13.2. The van der Waals surface area contributed by atoms with E-state index in [1.165, 1.54) is 21.9 Å². The lowest BCUT2D eigenvalue weighted by Gasteiger charge is -2.25. The molecule has 7 heteroatoms. The lowest BCUT2D eigenvalue weighted by Crippen LogP contribution is -2.99. The van der Waals surface area contributed by atoms with Gasteiger partial charge in [-0.3, -0.25) is 9.80 Å². The van der Waals surface area contributed by atoms with Gasteiger partial charge in [0.05, 0.1) is 7.11 Å². The average Bonchev–Trinajstić information content (AvgIpc) is 2.60. The summed E-state index contributed by atoms with van der Waals surface area (Å²) in [6, 6.07) is 13.0. The van der Waals surface area contributed by atoms with Crippen molar-refractivity contribution >= 4 is 23.1 Å². The van der Waals surface area contributed by atoms with Crippen LogP contribution in [-0.4, -0.2) is 32.4 Å². The number of hydrogen-bond donors (Lipinski definition) is 2. The minimum absolute atomic E-state index is 0.179. The number of ether oxygens (including phenoxy) is 1. The molecule has 2 amide bonds. The average molecular weight is 317 g/mol. The van der Waals surface area contributed by atoms with Gasteiger partial charge in [-0.1, -0.05) is 0 Å². The molecular weight excluding hydrogens is 298 g/mol. The molecule has 0 heterocycles. The number of nitrogens with one attached hydrogen (secondary N) is 1. The molecule has 1 atom stereocenters. The molecule has 0 aliphatic heterocycles. The molecule has 2 aromatic rings. The maximum Gasteiger partial charge on any atom is 0.328 e. The third-order valence-electron chi connectivity index (χ3n) is 3.54. The fourth-order valence-corrected chi connectivity index (χ4v) is 2.08. The summed E-state index contributed by atoms with van der Waals surface area (Å²) in [7, 11) is 4.89. The maximum absolute atomic E-state index is 12.5. The molecule has 0 fully saturated rings. The standard InChI is InChI=1S/C16H19N3O4/c1-17(12-4-6-14(7-5-12)19(21)22)16(20)18(2)13-8-10-15(23-3)11-9-13/h4-11,19,21H,1-3H3. The Morgan fingerprint density at radius 2 is 1.43 bits per heavy atom. The summed E-state index contributed by atoms with van der Waals surface area (Å²) in [6.45, 7) is 0. The SMILES string of the molecule is COc1ccc(N(C)C(=O)N(C)c2ccc([NH+]([O-])O)cc2)cc1. The molecule has 122 valence electrons. The third-order valence-corrected chi connectivity index (χ3v) is 3.54. The number of amides is 2. The van der Waals surface area contributed by atoms with Gasteiger partial charge in [-0.2, -0.15) is 5.23 Å². The highest BCUT2D eigenvalue weighted by Crippen LogP contribution is 2.21. The van der Waals surface area contributed by atoms with E-state index in [9.17, 15) is 10.0 Å². The highest BCUT2D eigenvalue weighted by atomic mass is 16.8. The molecule has 0 aliphatic carbocycles. The fraction of sp³-hybridized carbons (Fsp3) is 0.188. The summed E-state index contributed by atoms with van der Waals surface area (Å²) < 4.78 is 5.09. The number of carbonyl (C=O) groups excluding carboxylic acids is 1. The Morgan fingerprint density at radius 1 is 1.00 bits per heavy atom. The van der Waals surface area contributed by atoms with E-state index in [0.717, 1.165) is 5.69 Å². The minimum atomic E-state index is -0.999. The predicted octanol–water partition coefficient (Wildman–Crippen LogP) is 1.79. The molecule has 2 aromatic carbocycles. The Kier molecular flexibility index (Phi) is 5.17. The zero-order chi connectivity index (χ0) is 17.0. The summed E-state index contributed by atoms with van der Waals surface area (Å²) in [4.78, 5) is 15.5. The number of urea groups is 1. The first-order valence-electron chi connectivity index (χ1n) is 6.93. The Labute approximate surface area is 134 Å². The van der Waals surface area contributed by atoms with E-state index in [4.69, 9.17) is 9.94 Å². The van der Waals surface area contributed by atoms with Crippen molar-refractivity contribution in [1.29, 1.82) is 0 Å². The molecule has 0 saturated carbocycles. The summed E-state index contributed by atoms with van der Waals surface area (Å²) in [5.41, 5.74) is 1.52. The second-order valence-corrected chi connectivity index (χ2v) is 4.95. The Bertz CT molecular complexity index is 656. The molecule has 0 spiro atoms. The predicted molar refractivity (Wildman–Crippen MR) is 87.4 cm³/mol. The molecule has 2 N–H and O–H groups in total. The first kappa shape index (κ1) is 16.8. The van der Waals surface area contributed by atoms with Gasteiger partial charge in [0.25, 0.3) is 0 Å². The lowest BCUT2D eigenvalue weighted by molar-refractivity contribution is -0.991. The van der Waals surface area contributed by atoms with Crippen LogP contribution in [0, 0.1) is 5.21 Å². The number of benzene rings is 2. The van der Waals surface area contributed by atoms with Gasteiger partial charge in [0.15, 0.2) is 5.69 Å². The fourth-order valence-electron chi connectivity index (χ4n) is 2.08. The minimum Gasteiger partial charge on any atom is -0.595 e. The molecule has 0 aromatic heterocycles. The van der Waals surface area contributed by atoms with Crippen molar-refractivity contribution in [3.8, 4) is 5.75 Å². The second-order valence-electron chi connectivity index (χ2n) is 4.95. The first-order chi connectivity index (χ1) is 10.9. The van der Waals surface area contributed by atoms with Gasteiger partial charge >= 0.3 is 6.03 Å². The number of methoxy groups -OCH3 is 1. The van der Waals surface area contributed by atoms with Crippen molar-refractivity contribution in [3.63, 3.8) is 0 Å². The van der Waals surface area contributed by atoms with E-state index < -0.39 is 5.23 Å². The largest absolute Gasteiger partial charge is 0.595 e. The summed E-state index contributed by atoms with van der Waals surface area (Å²) >= 11 is 0. The number of hydrogen-bond acceptors (Lipinski definition) is 4. The van der Waals surface area contributed by atoms with Crippen LogP contribution in [0.5, 0.6) is 5.75 Å². The van der Waals surface area contributed by atoms with Crippen LogP contribution in [-0.2, 0) is 0 Å². The summed E-state index contributed by atoms with van der Waals surface area (Å²) in [6.07, 6.45) is 0. The van der Waals surface area contributed by atoms with Crippen molar-refractivity contribution in [1.82, 2.24) is 0 Å². The van der Waals surface area contributed by atoms with Gasteiger partial charge in [0.2, 0.25) is 0 Å². The van der Waals surface area contributed by atoms with Crippen LogP contribution in [0.2, 0.25) is 0 Å². The van der Waals surface area contributed by atoms with Crippen molar-refractivity contribution in [2.45, 2.75) is 0 Å². The third kappa shape index (κ3) is 3.78. The number of nitrogens with zero attached hydrogens (tertiary/aromatic N) is 2. The highest BCUT2D eigenvalue weighted by molar-refractivity contribution is 6.02. The van der Waals surface area contributed by atoms with Gasteiger partial charge in [-0.15, -0.1) is 0 Å². The second kappa shape index (κ2) is 7.10. The van der Waals surface area contributed by atoms with E-state index in [2.05, 4.69) is 0 Å². The van der Waals surface area contributed by atoms with Crippen LogP contribution in [0.4, 0.5) is 21.9 Å². The van der Waals surface area contributed by atoms with Gasteiger partial charge in [-0.05, 0) is 36.4 Å². The van der Waals surface area contributed by atoms with E-state index in [-0.39, 0.29) is 11.7 Å². The maximum atomic E-state index is 12.5. The van der Waals surface area contributed by atoms with Gasteiger partial charge in [0, 0.05) is 37.6 Å². The van der Waals surface area contributed by atoms with Gasteiger partial charge < -0.3 is 9.94 Å². The van der Waals surface area contributed by atoms with Crippen LogP contribution < -0.4 is 19.8 Å². The summed E-state index contributed by atoms with van der Waals surface area (Å²) in [5, 5.41) is 18.8. The number of carbonyl (C=O) groups is 1. The van der Waals surface area contributed by atoms with Crippen LogP contribution in [0.3, 0.4) is 0 Å². The quantitative estimate of drug-likeness (QED) is 0.843. The monoisotopic (exact) mass is 317 g/mol. The van der Waals surface area contributed by atoms with Crippen molar-refractivity contribution in [3.05, 3.63) is 53.7 Å². The van der Waals surface area contributed by atoms with E-state index in [1.54, 1.807) is 57.6 Å². The molecule has 2 rings (SSSR count). The van der Waals surface area contributed by atoms with Crippen LogP contribution in [0.1, 0.15) is 0 Å². The Morgan fingerprint density at radius 3 is 1.83 bits per heavy atom. The molecule has 0 aliphatic rings. The highest BCUT2D eigenvalue weighted by Gasteiger charge is 2.17. The normalized spacial score (nSPS) is 11.7. The van der Waals surface area contributed by atoms with Crippen LogP contribution >= 0.6 is 0 Å². The van der Waals surface area contributed by atoms with E-state index >= 15 is 0 Å². The molecule has 0 bridgehead atoms. The number of anilines is 2. The van der Waals surface area contributed by atoms with Crippen molar-refractivity contribution in [2.24, 2.45) is 0 Å². The van der Waals surface area contributed by atoms with E-state index in [1.807, 2.05) is 0 Å². The zero-order valence-corrected chi connectivity index (χ0v) is 13.2. The summed E-state index contributed by atoms with van der Waals surface area (Å²) in [5.74, 6) is 0.715. The van der Waals surface area contributed by atoms with E-state index in [0.29, 0.717) is 11.4 Å². The molecular formula is C16H19N3O4. The van der Waals surface area contributed by atoms with Crippen molar-refractivity contribution in [2.75, 3.05) is 31.0 Å². The Balaban J connectivity index is 2.14. The molecule has 0 saturated heterocycles. The lowest BCUT2D eigenvalue weighted by atomic mass is 10.2. The van der Waals surface area contributed by atoms with Crippen LogP contribution in [0.25, 0.3) is 0 Å². The van der Waals surface area contributed by atoms with Crippen LogP contribution in [0.15, 0.2) is 48.5 Å². The van der Waals surface area contributed by atoms with Gasteiger partial charge in [0.1, 0.15) is 5.75 Å². The van der Waals surface area contributed by atoms with Gasteiger partial charge in [-0.25, -0.2) is 10.0 Å². The number of quaternary nitrogens is 1. The topological polar surface area (TPSA) is 80.5 Å². The smallest absolute Gasteiger partial charge is 0.328 e. The molecule has 1 unspecified atom stereocenters. The Hall–Kier alpha value is -2.61. The first-order valence-corrected chi connectivity index (χ1v) is 6.93. The molecule has 7 nitrogen and oxygen atoms in total. The molecule has 23 heavy (non-hydrogen) atoms. The molecule has 0 radical (unpaired) electrons. The van der Waals surface area contributed by atoms with Crippen molar-refractivity contribution < 1.29 is 20.0 Å². The number of rotatable bonds is 4.